The molecule has 5 nitrogen and oxygen atoms in total. The monoisotopic (exact) mass is 203 g/mol. The zero-order chi connectivity index (χ0) is 11.1. The second-order valence-electron chi connectivity index (χ2n) is 3.51. The Morgan fingerprint density at radius 1 is 1.57 bits per heavy atom. The molecule has 0 bridgehead atoms. The Balaban J connectivity index is 4.02. The van der Waals surface area contributed by atoms with Gasteiger partial charge in [-0.05, 0) is 14.0 Å². The number of ether oxygens (including phenoxy) is 1. The summed E-state index contributed by atoms with van der Waals surface area (Å²) < 4.78 is 4.96. The molecule has 14 heavy (non-hydrogen) atoms. The van der Waals surface area contributed by atoms with Gasteiger partial charge in [0.05, 0.1) is 12.5 Å². The lowest BCUT2D eigenvalue weighted by molar-refractivity contribution is -0.126. The summed E-state index contributed by atoms with van der Waals surface area (Å²) >= 11 is 0. The van der Waals surface area contributed by atoms with Gasteiger partial charge in [-0.15, -0.1) is 0 Å². The largest absolute Gasteiger partial charge is 0.383 e. The predicted molar refractivity (Wildman–Crippen MR) is 55.5 cm³/mol. The number of carbonyl (C=O) groups is 1. The van der Waals surface area contributed by atoms with Crippen LogP contribution >= 0.6 is 0 Å². The van der Waals surface area contributed by atoms with Gasteiger partial charge in [-0.1, -0.05) is 6.92 Å². The molecule has 0 aromatic heterocycles. The molecule has 84 valence electrons. The van der Waals surface area contributed by atoms with Crippen LogP contribution in [0.3, 0.4) is 0 Å². The van der Waals surface area contributed by atoms with Crippen molar-refractivity contribution in [1.29, 1.82) is 0 Å². The number of nitrogens with zero attached hydrogens (tertiary/aromatic N) is 1. The maximum Gasteiger partial charge on any atom is 0.238 e. The molecular weight excluding hydrogens is 182 g/mol. The summed E-state index contributed by atoms with van der Waals surface area (Å²) in [6, 6.07) is 0.147. The van der Waals surface area contributed by atoms with Crippen molar-refractivity contribution >= 4 is 5.91 Å². The summed E-state index contributed by atoms with van der Waals surface area (Å²) in [5.74, 6) is 4.81. The van der Waals surface area contributed by atoms with Crippen molar-refractivity contribution in [2.45, 2.75) is 19.9 Å². The summed E-state index contributed by atoms with van der Waals surface area (Å²) in [5, 5.41) is 0. The van der Waals surface area contributed by atoms with Crippen LogP contribution in [0.4, 0.5) is 0 Å². The Morgan fingerprint density at radius 2 is 2.14 bits per heavy atom. The van der Waals surface area contributed by atoms with Crippen LogP contribution in [0.15, 0.2) is 0 Å². The van der Waals surface area contributed by atoms with E-state index in [1.165, 1.54) is 0 Å². The van der Waals surface area contributed by atoms with Gasteiger partial charge in [-0.3, -0.25) is 10.2 Å². The van der Waals surface area contributed by atoms with Gasteiger partial charge in [-0.25, -0.2) is 5.84 Å². The number of carbonyl (C=O) groups excluding carboxylic acids is 1. The highest BCUT2D eigenvalue weighted by atomic mass is 16.5. The van der Waals surface area contributed by atoms with E-state index in [0.29, 0.717) is 6.61 Å². The third kappa shape index (κ3) is 4.04. The second-order valence-corrected chi connectivity index (χ2v) is 3.51. The quantitative estimate of drug-likeness (QED) is 0.349. The first-order valence-electron chi connectivity index (χ1n) is 4.74. The van der Waals surface area contributed by atoms with Crippen LogP contribution in [0, 0.1) is 5.92 Å². The minimum absolute atomic E-state index is 0.123. The molecule has 0 aromatic rings. The van der Waals surface area contributed by atoms with E-state index in [4.69, 9.17) is 10.6 Å². The number of hydrogen-bond acceptors (Lipinski definition) is 4. The lowest BCUT2D eigenvalue weighted by Crippen LogP contribution is -2.45. The van der Waals surface area contributed by atoms with Crippen molar-refractivity contribution in [2.75, 3.05) is 27.3 Å². The van der Waals surface area contributed by atoms with E-state index < -0.39 is 0 Å². The van der Waals surface area contributed by atoms with Gasteiger partial charge in [-0.2, -0.15) is 0 Å². The molecule has 0 aliphatic rings. The summed E-state index contributed by atoms with van der Waals surface area (Å²) in [6.07, 6.45) is 0. The van der Waals surface area contributed by atoms with Crippen LogP contribution in [-0.2, 0) is 9.53 Å². The molecule has 0 aliphatic carbocycles. The number of nitrogens with one attached hydrogen (secondary N) is 1. The number of nitrogens with two attached hydrogens (primary N) is 1. The zero-order valence-electron chi connectivity index (χ0n) is 9.41. The van der Waals surface area contributed by atoms with Crippen molar-refractivity contribution in [2.24, 2.45) is 11.8 Å². The molecule has 5 heteroatoms. The third-order valence-electron chi connectivity index (χ3n) is 2.62. The molecule has 0 radical (unpaired) electrons. The van der Waals surface area contributed by atoms with Gasteiger partial charge < -0.3 is 9.64 Å². The second kappa shape index (κ2) is 6.75. The van der Waals surface area contributed by atoms with Gasteiger partial charge in [0.25, 0.3) is 0 Å². The van der Waals surface area contributed by atoms with Crippen LogP contribution in [0.25, 0.3) is 0 Å². The first-order valence-corrected chi connectivity index (χ1v) is 4.74. The van der Waals surface area contributed by atoms with Gasteiger partial charge in [0.15, 0.2) is 0 Å². The van der Waals surface area contributed by atoms with E-state index in [1.54, 1.807) is 7.11 Å². The average Bonchev–Trinajstić information content (AvgIpc) is 2.22. The summed E-state index contributed by atoms with van der Waals surface area (Å²) in [4.78, 5) is 13.3. The smallest absolute Gasteiger partial charge is 0.238 e. The number of hydrazine groups is 1. The highest BCUT2D eigenvalue weighted by Crippen LogP contribution is 2.08. The van der Waals surface area contributed by atoms with Gasteiger partial charge in [0.1, 0.15) is 0 Å². The maximum absolute atomic E-state index is 11.2. The standard InChI is InChI=1S/C9H21N3O2/c1-7(9(13)11-10)8(2)12(3)5-6-14-4/h7-8H,5-6,10H2,1-4H3,(H,11,13). The van der Waals surface area contributed by atoms with Crippen LogP contribution in [-0.4, -0.2) is 44.2 Å². The van der Waals surface area contributed by atoms with Gasteiger partial charge in [0.2, 0.25) is 5.91 Å². The number of amides is 1. The normalized spacial score (nSPS) is 15.3. The fraction of sp³-hybridized carbons (Fsp3) is 0.889. The van der Waals surface area contributed by atoms with E-state index in [2.05, 4.69) is 10.3 Å². The number of methoxy groups -OCH3 is 1. The van der Waals surface area contributed by atoms with Crippen molar-refractivity contribution in [3.63, 3.8) is 0 Å². The van der Waals surface area contributed by atoms with Crippen LogP contribution in [0.1, 0.15) is 13.8 Å². The molecule has 3 N–H and O–H groups in total. The minimum atomic E-state index is -0.137. The molecule has 0 aliphatic heterocycles. The van der Waals surface area contributed by atoms with Crippen LogP contribution in [0.5, 0.6) is 0 Å². The first kappa shape index (κ1) is 13.4. The molecular formula is C9H21N3O2. The Hall–Kier alpha value is -0.650. The first-order chi connectivity index (χ1) is 6.54. The molecule has 2 unspecified atom stereocenters. The Kier molecular flexibility index (Phi) is 6.44. The Bertz CT molecular complexity index is 175. The van der Waals surface area contributed by atoms with Crippen molar-refractivity contribution in [1.82, 2.24) is 10.3 Å². The summed E-state index contributed by atoms with van der Waals surface area (Å²) in [5.41, 5.74) is 2.16. The van der Waals surface area contributed by atoms with E-state index in [9.17, 15) is 4.79 Å². The summed E-state index contributed by atoms with van der Waals surface area (Å²) in [7, 11) is 3.62. The molecule has 0 saturated heterocycles. The summed E-state index contributed by atoms with van der Waals surface area (Å²) in [6.45, 7) is 5.32. The van der Waals surface area contributed by atoms with Crippen LogP contribution < -0.4 is 11.3 Å². The Labute approximate surface area is 85.6 Å². The minimum Gasteiger partial charge on any atom is -0.383 e. The lowest BCUT2D eigenvalue weighted by Gasteiger charge is -2.28. The average molecular weight is 203 g/mol. The maximum atomic E-state index is 11.2. The molecule has 0 spiro atoms. The number of hydrogen-bond donors (Lipinski definition) is 2. The molecule has 2 atom stereocenters. The number of rotatable bonds is 6. The molecule has 0 saturated carbocycles. The third-order valence-corrected chi connectivity index (χ3v) is 2.62. The fourth-order valence-electron chi connectivity index (χ4n) is 1.17. The molecule has 0 heterocycles. The fourth-order valence-corrected chi connectivity index (χ4v) is 1.17. The van der Waals surface area contributed by atoms with Crippen LogP contribution in [0.2, 0.25) is 0 Å². The zero-order valence-corrected chi connectivity index (χ0v) is 9.41. The topological polar surface area (TPSA) is 67.6 Å². The molecule has 1 amide bonds. The van der Waals surface area contributed by atoms with E-state index in [0.717, 1.165) is 6.54 Å². The number of likely N-dealkylation sites (N-methyl/N-ethyl adjacent to an activating group) is 1. The van der Waals surface area contributed by atoms with Gasteiger partial charge in [0, 0.05) is 19.7 Å². The lowest BCUT2D eigenvalue weighted by atomic mass is 10.0. The van der Waals surface area contributed by atoms with Crippen molar-refractivity contribution < 1.29 is 9.53 Å². The highest BCUT2D eigenvalue weighted by Gasteiger charge is 2.22. The predicted octanol–water partition coefficient (Wildman–Crippen LogP) is -0.421. The molecule has 0 rings (SSSR count). The van der Waals surface area contributed by atoms with Crippen molar-refractivity contribution in [3.05, 3.63) is 0 Å². The van der Waals surface area contributed by atoms with Gasteiger partial charge >= 0.3 is 0 Å². The molecule has 0 fully saturated rings. The van der Waals surface area contributed by atoms with E-state index >= 15 is 0 Å². The Morgan fingerprint density at radius 3 is 2.57 bits per heavy atom. The van der Waals surface area contributed by atoms with Crippen molar-refractivity contribution in [3.8, 4) is 0 Å². The van der Waals surface area contributed by atoms with E-state index in [-0.39, 0.29) is 17.9 Å². The highest BCUT2D eigenvalue weighted by molar-refractivity contribution is 5.78. The van der Waals surface area contributed by atoms with E-state index in [1.807, 2.05) is 20.9 Å². The molecule has 0 aromatic carbocycles. The SMILES string of the molecule is COCCN(C)C(C)C(C)C(=O)NN.